The fourth-order valence-electron chi connectivity index (χ4n) is 4.26. The Morgan fingerprint density at radius 3 is 2.05 bits per heavy atom. The van der Waals surface area contributed by atoms with Gasteiger partial charge in [-0.15, -0.1) is 0 Å². The van der Waals surface area contributed by atoms with Gasteiger partial charge in [-0.1, -0.05) is 72.8 Å². The lowest BCUT2D eigenvalue weighted by atomic mass is 10.0. The number of sulfonamides is 1. The summed E-state index contributed by atoms with van der Waals surface area (Å²) in [5, 5.41) is 2.86. The summed E-state index contributed by atoms with van der Waals surface area (Å²) in [7, 11) is -3.78. The van der Waals surface area contributed by atoms with Crippen LogP contribution in [0.3, 0.4) is 0 Å². The van der Waals surface area contributed by atoms with Gasteiger partial charge in [0.2, 0.25) is 21.8 Å². The van der Waals surface area contributed by atoms with Gasteiger partial charge in [-0.3, -0.25) is 13.9 Å². The van der Waals surface area contributed by atoms with Gasteiger partial charge in [-0.05, 0) is 49.1 Å². The van der Waals surface area contributed by atoms with Crippen molar-refractivity contribution in [2.75, 3.05) is 23.7 Å². The van der Waals surface area contributed by atoms with E-state index in [1.807, 2.05) is 74.5 Å². The van der Waals surface area contributed by atoms with Crippen LogP contribution >= 0.6 is 0 Å². The third-order valence-electron chi connectivity index (χ3n) is 6.29. The molecule has 3 aromatic carbocycles. The summed E-state index contributed by atoms with van der Waals surface area (Å²) < 4.78 is 26.8. The van der Waals surface area contributed by atoms with Gasteiger partial charge in [-0.2, -0.15) is 0 Å². The van der Waals surface area contributed by atoms with Crippen LogP contribution in [0.4, 0.5) is 5.69 Å². The van der Waals surface area contributed by atoms with Gasteiger partial charge in [0, 0.05) is 19.5 Å². The van der Waals surface area contributed by atoms with Crippen molar-refractivity contribution in [3.05, 3.63) is 101 Å². The Kier molecular flexibility index (Phi) is 9.47. The molecule has 3 aromatic rings. The molecule has 8 heteroatoms. The average molecular weight is 522 g/mol. The van der Waals surface area contributed by atoms with Crippen molar-refractivity contribution in [3.63, 3.8) is 0 Å². The topological polar surface area (TPSA) is 86.8 Å². The van der Waals surface area contributed by atoms with Gasteiger partial charge in [0.1, 0.15) is 12.6 Å². The van der Waals surface area contributed by atoms with Gasteiger partial charge in [0.25, 0.3) is 0 Å². The van der Waals surface area contributed by atoms with Crippen LogP contribution in [0, 0.1) is 13.8 Å². The Morgan fingerprint density at radius 1 is 0.865 bits per heavy atom. The zero-order valence-electron chi connectivity index (χ0n) is 21.8. The number of aryl methyl sites for hydroxylation is 2. The number of nitrogens with one attached hydrogen (secondary N) is 1. The zero-order chi connectivity index (χ0) is 27.0. The molecule has 0 fully saturated rings. The number of anilines is 1. The van der Waals surface area contributed by atoms with Crippen molar-refractivity contribution in [2.45, 2.75) is 39.8 Å². The number of likely N-dealkylation sites (N-methyl/N-ethyl adjacent to an activating group) is 1. The Hall–Kier alpha value is -3.65. The molecule has 7 nitrogen and oxygen atoms in total. The molecule has 0 radical (unpaired) electrons. The van der Waals surface area contributed by atoms with Crippen LogP contribution < -0.4 is 9.62 Å². The van der Waals surface area contributed by atoms with Crippen LogP contribution in [-0.4, -0.2) is 50.5 Å². The highest BCUT2D eigenvalue weighted by atomic mass is 32.2. The van der Waals surface area contributed by atoms with Crippen LogP contribution in [0.15, 0.2) is 78.9 Å². The van der Waals surface area contributed by atoms with E-state index in [1.165, 1.54) is 4.90 Å². The minimum Gasteiger partial charge on any atom is -0.355 e. The van der Waals surface area contributed by atoms with E-state index in [0.29, 0.717) is 18.7 Å². The molecule has 0 heterocycles. The van der Waals surface area contributed by atoms with Crippen LogP contribution in [-0.2, 0) is 32.6 Å². The Balaban J connectivity index is 2.06. The highest BCUT2D eigenvalue weighted by molar-refractivity contribution is 7.92. The minimum absolute atomic E-state index is 0.172. The molecule has 1 atom stereocenters. The molecule has 0 saturated heterocycles. The van der Waals surface area contributed by atoms with E-state index in [0.717, 1.165) is 32.8 Å². The maximum atomic E-state index is 14.0. The smallest absolute Gasteiger partial charge is 0.244 e. The van der Waals surface area contributed by atoms with Crippen LogP contribution in [0.2, 0.25) is 0 Å². The quantitative estimate of drug-likeness (QED) is 0.415. The standard InChI is InChI=1S/C29H35N3O4S/c1-5-30-29(34)27(19-24-15-7-6-8-16-24)31(20-25-17-11-9-13-22(25)2)28(33)21-32(37(4,35)36)26-18-12-10-14-23(26)3/h6-18,27H,5,19-21H2,1-4H3,(H,30,34)/t27-/m1/s1. The molecule has 0 aliphatic rings. The number of rotatable bonds is 11. The van der Waals surface area contributed by atoms with E-state index in [1.54, 1.807) is 25.1 Å². The monoisotopic (exact) mass is 521 g/mol. The maximum absolute atomic E-state index is 14.0. The Bertz CT molecular complexity index is 1330. The van der Waals surface area contributed by atoms with E-state index < -0.39 is 28.5 Å². The first-order valence-corrected chi connectivity index (χ1v) is 14.2. The van der Waals surface area contributed by atoms with E-state index in [4.69, 9.17) is 0 Å². The van der Waals surface area contributed by atoms with Crippen molar-refractivity contribution in [2.24, 2.45) is 0 Å². The zero-order valence-corrected chi connectivity index (χ0v) is 22.7. The molecule has 0 unspecified atom stereocenters. The molecule has 0 aromatic heterocycles. The number of hydrogen-bond donors (Lipinski definition) is 1. The van der Waals surface area contributed by atoms with Gasteiger partial charge in [0.15, 0.2) is 0 Å². The number of carbonyl (C=O) groups is 2. The molecule has 0 saturated carbocycles. The summed E-state index contributed by atoms with van der Waals surface area (Å²) in [4.78, 5) is 28.8. The highest BCUT2D eigenvalue weighted by Crippen LogP contribution is 2.24. The SMILES string of the molecule is CCNC(=O)[C@@H](Cc1ccccc1)N(Cc1ccccc1C)C(=O)CN(c1ccccc1C)S(C)(=O)=O. The van der Waals surface area contributed by atoms with Crippen molar-refractivity contribution in [3.8, 4) is 0 Å². The van der Waals surface area contributed by atoms with Gasteiger partial charge < -0.3 is 10.2 Å². The second-order valence-corrected chi connectivity index (χ2v) is 11.0. The predicted molar refractivity (Wildman–Crippen MR) is 148 cm³/mol. The molecule has 0 aliphatic carbocycles. The van der Waals surface area contributed by atoms with Crippen molar-refractivity contribution >= 4 is 27.5 Å². The molecule has 2 amide bonds. The van der Waals surface area contributed by atoms with Crippen molar-refractivity contribution < 1.29 is 18.0 Å². The summed E-state index contributed by atoms with van der Waals surface area (Å²) >= 11 is 0. The fourth-order valence-corrected chi connectivity index (χ4v) is 5.16. The molecular formula is C29H35N3O4S. The molecule has 0 bridgehead atoms. The number of amides is 2. The number of carbonyl (C=O) groups excluding carboxylic acids is 2. The van der Waals surface area contributed by atoms with Crippen LogP contribution in [0.5, 0.6) is 0 Å². The third kappa shape index (κ3) is 7.43. The largest absolute Gasteiger partial charge is 0.355 e. The first kappa shape index (κ1) is 27.9. The third-order valence-corrected chi connectivity index (χ3v) is 7.41. The van der Waals surface area contributed by atoms with Crippen molar-refractivity contribution in [1.29, 1.82) is 0 Å². The molecule has 0 spiro atoms. The summed E-state index contributed by atoms with van der Waals surface area (Å²) in [5.41, 5.74) is 3.94. The number of para-hydroxylation sites is 1. The second-order valence-electron chi connectivity index (χ2n) is 9.10. The van der Waals surface area contributed by atoms with E-state index in [-0.39, 0.29) is 12.5 Å². The lowest BCUT2D eigenvalue weighted by molar-refractivity contribution is -0.140. The summed E-state index contributed by atoms with van der Waals surface area (Å²) in [6.45, 7) is 5.75. The normalized spacial score (nSPS) is 12.0. The predicted octanol–water partition coefficient (Wildman–Crippen LogP) is 3.85. The first-order chi connectivity index (χ1) is 17.6. The Labute approximate surface area is 220 Å². The minimum atomic E-state index is -3.78. The van der Waals surface area contributed by atoms with Crippen LogP contribution in [0.1, 0.15) is 29.2 Å². The molecule has 196 valence electrons. The summed E-state index contributed by atoms with van der Waals surface area (Å²) in [5.74, 6) is -0.737. The van der Waals surface area contributed by atoms with E-state index >= 15 is 0 Å². The highest BCUT2D eigenvalue weighted by Gasteiger charge is 2.33. The van der Waals surface area contributed by atoms with E-state index in [9.17, 15) is 18.0 Å². The molecule has 0 aliphatic heterocycles. The van der Waals surface area contributed by atoms with Crippen LogP contribution in [0.25, 0.3) is 0 Å². The average Bonchev–Trinajstić information content (AvgIpc) is 2.86. The molecular weight excluding hydrogens is 486 g/mol. The maximum Gasteiger partial charge on any atom is 0.244 e. The lowest BCUT2D eigenvalue weighted by Crippen LogP contribution is -2.53. The molecule has 37 heavy (non-hydrogen) atoms. The number of nitrogens with zero attached hydrogens (tertiary/aromatic N) is 2. The fraction of sp³-hybridized carbons (Fsp3) is 0.310. The number of benzene rings is 3. The molecule has 1 N–H and O–H groups in total. The molecule has 3 rings (SSSR count). The van der Waals surface area contributed by atoms with Gasteiger partial charge >= 0.3 is 0 Å². The first-order valence-electron chi connectivity index (χ1n) is 12.3. The lowest BCUT2D eigenvalue weighted by Gasteiger charge is -2.34. The summed E-state index contributed by atoms with van der Waals surface area (Å²) in [6, 6.07) is 23.4. The number of hydrogen-bond acceptors (Lipinski definition) is 4. The summed E-state index contributed by atoms with van der Waals surface area (Å²) in [6.07, 6.45) is 1.39. The second kappa shape index (κ2) is 12.5. The van der Waals surface area contributed by atoms with E-state index in [2.05, 4.69) is 5.32 Å². The Morgan fingerprint density at radius 2 is 1.46 bits per heavy atom. The van der Waals surface area contributed by atoms with Gasteiger partial charge in [-0.25, -0.2) is 8.42 Å². The van der Waals surface area contributed by atoms with Crippen molar-refractivity contribution in [1.82, 2.24) is 10.2 Å². The van der Waals surface area contributed by atoms with Gasteiger partial charge in [0.05, 0.1) is 11.9 Å².